The summed E-state index contributed by atoms with van der Waals surface area (Å²) in [7, 11) is 0. The molecule has 2 N–H and O–H groups in total. The summed E-state index contributed by atoms with van der Waals surface area (Å²) in [5.74, 6) is 1.60. The van der Waals surface area contributed by atoms with E-state index in [4.69, 9.17) is 9.47 Å². The first-order valence-electron chi connectivity index (χ1n) is 7.10. The first-order chi connectivity index (χ1) is 9.42. The number of rotatable bonds is 3. The van der Waals surface area contributed by atoms with Gasteiger partial charge >= 0.3 is 0 Å². The van der Waals surface area contributed by atoms with Gasteiger partial charge in [-0.15, -0.1) is 0 Å². The van der Waals surface area contributed by atoms with Crippen molar-refractivity contribution in [3.05, 3.63) is 18.0 Å². The SMILES string of the molecule is c1nc(CNC2CCNCC2)cc2c1OCCCO2. The molecule has 1 saturated heterocycles. The van der Waals surface area contributed by atoms with Crippen molar-refractivity contribution < 1.29 is 9.47 Å². The zero-order valence-corrected chi connectivity index (χ0v) is 11.2. The molecule has 0 spiro atoms. The Hall–Kier alpha value is -1.33. The summed E-state index contributed by atoms with van der Waals surface area (Å²) in [5, 5.41) is 6.93. The highest BCUT2D eigenvalue weighted by molar-refractivity contribution is 5.39. The molecule has 0 bridgehead atoms. The van der Waals surface area contributed by atoms with Gasteiger partial charge in [-0.25, -0.2) is 0 Å². The summed E-state index contributed by atoms with van der Waals surface area (Å²) in [5.41, 5.74) is 1.02. The average molecular weight is 263 g/mol. The fraction of sp³-hybridized carbons (Fsp3) is 0.643. The molecule has 5 nitrogen and oxygen atoms in total. The van der Waals surface area contributed by atoms with Crippen LogP contribution in [0, 0.1) is 0 Å². The Kier molecular flexibility index (Phi) is 4.15. The maximum absolute atomic E-state index is 5.68. The molecule has 104 valence electrons. The highest BCUT2D eigenvalue weighted by Crippen LogP contribution is 2.28. The molecular formula is C14H21N3O2. The molecule has 0 radical (unpaired) electrons. The van der Waals surface area contributed by atoms with Gasteiger partial charge < -0.3 is 20.1 Å². The molecule has 3 rings (SSSR count). The van der Waals surface area contributed by atoms with E-state index in [1.165, 1.54) is 12.8 Å². The molecule has 3 heterocycles. The van der Waals surface area contributed by atoms with Crippen molar-refractivity contribution in [1.29, 1.82) is 0 Å². The van der Waals surface area contributed by atoms with E-state index in [0.717, 1.165) is 49.9 Å². The standard InChI is InChI=1S/C14H21N3O2/c1-6-18-13-8-12(17-10-14(13)19-7-1)9-16-11-2-4-15-5-3-11/h8,10-11,15-16H,1-7,9H2. The van der Waals surface area contributed by atoms with E-state index in [2.05, 4.69) is 15.6 Å². The Balaban J connectivity index is 1.60. The van der Waals surface area contributed by atoms with Gasteiger partial charge in [-0.3, -0.25) is 4.98 Å². The van der Waals surface area contributed by atoms with Crippen molar-refractivity contribution in [2.75, 3.05) is 26.3 Å². The number of nitrogens with one attached hydrogen (secondary N) is 2. The minimum Gasteiger partial charge on any atom is -0.489 e. The molecule has 1 aromatic heterocycles. The van der Waals surface area contributed by atoms with E-state index < -0.39 is 0 Å². The Morgan fingerprint density at radius 1 is 1.21 bits per heavy atom. The van der Waals surface area contributed by atoms with Crippen molar-refractivity contribution in [3.8, 4) is 11.5 Å². The summed E-state index contributed by atoms with van der Waals surface area (Å²) in [4.78, 5) is 4.43. The molecule has 2 aliphatic heterocycles. The monoisotopic (exact) mass is 263 g/mol. The number of aromatic nitrogens is 1. The number of hydrogen-bond acceptors (Lipinski definition) is 5. The normalized spacial score (nSPS) is 20.0. The van der Waals surface area contributed by atoms with Gasteiger partial charge in [-0.2, -0.15) is 0 Å². The minimum atomic E-state index is 0.596. The molecular weight excluding hydrogens is 242 g/mol. The lowest BCUT2D eigenvalue weighted by Gasteiger charge is -2.23. The van der Waals surface area contributed by atoms with Crippen LogP contribution in [0.5, 0.6) is 11.5 Å². The summed E-state index contributed by atoms with van der Waals surface area (Å²) in [6, 6.07) is 2.59. The summed E-state index contributed by atoms with van der Waals surface area (Å²) >= 11 is 0. The van der Waals surface area contributed by atoms with E-state index >= 15 is 0 Å². The van der Waals surface area contributed by atoms with E-state index in [0.29, 0.717) is 12.6 Å². The molecule has 0 aromatic carbocycles. The van der Waals surface area contributed by atoms with Crippen LogP contribution < -0.4 is 20.1 Å². The Bertz CT molecular complexity index is 419. The average Bonchev–Trinajstić information content (AvgIpc) is 2.71. The molecule has 2 aliphatic rings. The van der Waals surface area contributed by atoms with Crippen LogP contribution in [0.25, 0.3) is 0 Å². The predicted octanol–water partition coefficient (Wildman–Crippen LogP) is 1.08. The fourth-order valence-electron chi connectivity index (χ4n) is 2.48. The van der Waals surface area contributed by atoms with Crippen molar-refractivity contribution in [2.24, 2.45) is 0 Å². The molecule has 19 heavy (non-hydrogen) atoms. The number of pyridine rings is 1. The van der Waals surface area contributed by atoms with Crippen LogP contribution in [0.2, 0.25) is 0 Å². The van der Waals surface area contributed by atoms with Crippen molar-refractivity contribution >= 4 is 0 Å². The molecule has 1 fully saturated rings. The molecule has 0 amide bonds. The van der Waals surface area contributed by atoms with Gasteiger partial charge in [0, 0.05) is 25.1 Å². The topological polar surface area (TPSA) is 55.4 Å². The lowest BCUT2D eigenvalue weighted by Crippen LogP contribution is -2.39. The van der Waals surface area contributed by atoms with Crippen LogP contribution in [-0.2, 0) is 6.54 Å². The Morgan fingerprint density at radius 2 is 2.00 bits per heavy atom. The van der Waals surface area contributed by atoms with Crippen LogP contribution in [-0.4, -0.2) is 37.3 Å². The third-order valence-corrected chi connectivity index (χ3v) is 3.60. The van der Waals surface area contributed by atoms with Crippen LogP contribution in [0.1, 0.15) is 25.0 Å². The number of fused-ring (bicyclic) bond motifs is 1. The maximum atomic E-state index is 5.68. The van der Waals surface area contributed by atoms with Crippen LogP contribution in [0.4, 0.5) is 0 Å². The van der Waals surface area contributed by atoms with Gasteiger partial charge in [0.2, 0.25) is 0 Å². The molecule has 0 aliphatic carbocycles. The smallest absolute Gasteiger partial charge is 0.179 e. The highest BCUT2D eigenvalue weighted by atomic mass is 16.5. The van der Waals surface area contributed by atoms with Crippen molar-refractivity contribution in [1.82, 2.24) is 15.6 Å². The second-order valence-corrected chi connectivity index (χ2v) is 5.08. The lowest BCUT2D eigenvalue weighted by molar-refractivity contribution is 0.296. The summed E-state index contributed by atoms with van der Waals surface area (Å²) in [6.45, 7) is 4.43. The van der Waals surface area contributed by atoms with E-state index in [1.807, 2.05) is 6.07 Å². The van der Waals surface area contributed by atoms with Crippen molar-refractivity contribution in [3.63, 3.8) is 0 Å². The lowest BCUT2D eigenvalue weighted by atomic mass is 10.1. The van der Waals surface area contributed by atoms with Gasteiger partial charge in [0.15, 0.2) is 11.5 Å². The number of piperidine rings is 1. The second kappa shape index (κ2) is 6.21. The molecule has 0 saturated carbocycles. The first kappa shape index (κ1) is 12.7. The molecule has 0 unspecified atom stereocenters. The second-order valence-electron chi connectivity index (χ2n) is 5.08. The molecule has 1 aromatic rings. The largest absolute Gasteiger partial charge is 0.489 e. The quantitative estimate of drug-likeness (QED) is 0.855. The predicted molar refractivity (Wildman–Crippen MR) is 72.6 cm³/mol. The Labute approximate surface area is 113 Å². The fourth-order valence-corrected chi connectivity index (χ4v) is 2.48. The Morgan fingerprint density at radius 3 is 2.84 bits per heavy atom. The number of nitrogens with zero attached hydrogens (tertiary/aromatic N) is 1. The van der Waals surface area contributed by atoms with Gasteiger partial charge in [-0.1, -0.05) is 0 Å². The molecule has 5 heteroatoms. The van der Waals surface area contributed by atoms with Crippen molar-refractivity contribution in [2.45, 2.75) is 31.8 Å². The maximum Gasteiger partial charge on any atom is 0.179 e. The zero-order valence-electron chi connectivity index (χ0n) is 11.2. The van der Waals surface area contributed by atoms with E-state index in [-0.39, 0.29) is 0 Å². The van der Waals surface area contributed by atoms with Crippen LogP contribution in [0.3, 0.4) is 0 Å². The van der Waals surface area contributed by atoms with Crippen LogP contribution in [0.15, 0.2) is 12.3 Å². The summed E-state index contributed by atoms with van der Waals surface area (Å²) in [6.07, 6.45) is 5.08. The van der Waals surface area contributed by atoms with Gasteiger partial charge in [0.1, 0.15) is 0 Å². The van der Waals surface area contributed by atoms with Crippen LogP contribution >= 0.6 is 0 Å². The number of ether oxygens (including phenoxy) is 2. The number of hydrogen-bond donors (Lipinski definition) is 2. The molecule has 0 atom stereocenters. The van der Waals surface area contributed by atoms with Gasteiger partial charge in [0.25, 0.3) is 0 Å². The highest BCUT2D eigenvalue weighted by Gasteiger charge is 2.14. The third-order valence-electron chi connectivity index (χ3n) is 3.60. The van der Waals surface area contributed by atoms with E-state index in [1.54, 1.807) is 6.20 Å². The summed E-state index contributed by atoms with van der Waals surface area (Å²) < 4.78 is 11.3. The third kappa shape index (κ3) is 3.36. The van der Waals surface area contributed by atoms with E-state index in [9.17, 15) is 0 Å². The van der Waals surface area contributed by atoms with Gasteiger partial charge in [0.05, 0.1) is 25.1 Å². The first-order valence-corrected chi connectivity index (χ1v) is 7.10. The van der Waals surface area contributed by atoms with Gasteiger partial charge in [-0.05, 0) is 25.9 Å². The zero-order chi connectivity index (χ0) is 12.9. The minimum absolute atomic E-state index is 0.596.